The van der Waals surface area contributed by atoms with Crippen LogP contribution in [-0.2, 0) is 22.6 Å². The summed E-state index contributed by atoms with van der Waals surface area (Å²) in [4.78, 5) is 27.6. The average molecular weight is 397 g/mol. The predicted octanol–water partition coefficient (Wildman–Crippen LogP) is 3.88. The molecule has 5 nitrogen and oxygen atoms in total. The lowest BCUT2D eigenvalue weighted by atomic mass is 10.1. The van der Waals surface area contributed by atoms with Gasteiger partial charge in [0.15, 0.2) is 0 Å². The molecule has 29 heavy (non-hydrogen) atoms. The zero-order chi connectivity index (χ0) is 21.4. The van der Waals surface area contributed by atoms with E-state index in [0.29, 0.717) is 6.54 Å². The third kappa shape index (κ3) is 6.63. The van der Waals surface area contributed by atoms with Gasteiger partial charge in [-0.3, -0.25) is 9.59 Å². The molecule has 0 aliphatic carbocycles. The summed E-state index contributed by atoms with van der Waals surface area (Å²) in [5.41, 5.74) is 2.97. The molecule has 0 radical (unpaired) electrons. The van der Waals surface area contributed by atoms with Crippen molar-refractivity contribution in [2.24, 2.45) is 0 Å². The van der Waals surface area contributed by atoms with Crippen LogP contribution in [-0.4, -0.2) is 35.9 Å². The first kappa shape index (κ1) is 22.5. The van der Waals surface area contributed by atoms with Crippen molar-refractivity contribution in [3.8, 4) is 5.75 Å². The maximum atomic E-state index is 13.2. The minimum Gasteiger partial charge on any atom is -0.497 e. The molecule has 0 fully saturated rings. The molecular formula is C24H32N2O3. The Morgan fingerprint density at radius 1 is 1.07 bits per heavy atom. The molecule has 0 aliphatic rings. The van der Waals surface area contributed by atoms with Gasteiger partial charge in [-0.2, -0.15) is 0 Å². The molecule has 0 bridgehead atoms. The molecule has 0 spiro atoms. The number of nitrogens with zero attached hydrogens (tertiary/aromatic N) is 1. The van der Waals surface area contributed by atoms with Gasteiger partial charge in [-0.05, 0) is 50.5 Å². The fourth-order valence-corrected chi connectivity index (χ4v) is 3.11. The molecule has 2 aromatic carbocycles. The highest BCUT2D eigenvalue weighted by Gasteiger charge is 2.27. The van der Waals surface area contributed by atoms with Crippen molar-refractivity contribution in [3.05, 3.63) is 65.2 Å². The van der Waals surface area contributed by atoms with Gasteiger partial charge in [0.25, 0.3) is 0 Å². The molecule has 156 valence electrons. The highest BCUT2D eigenvalue weighted by Crippen LogP contribution is 2.17. The monoisotopic (exact) mass is 396 g/mol. The van der Waals surface area contributed by atoms with Gasteiger partial charge in [-0.25, -0.2) is 0 Å². The van der Waals surface area contributed by atoms with E-state index in [0.717, 1.165) is 28.9 Å². The van der Waals surface area contributed by atoms with Gasteiger partial charge in [0.1, 0.15) is 11.8 Å². The second-order valence-corrected chi connectivity index (χ2v) is 7.53. The van der Waals surface area contributed by atoms with E-state index in [1.165, 1.54) is 0 Å². The minimum atomic E-state index is -0.576. The Kier molecular flexibility index (Phi) is 8.25. The van der Waals surface area contributed by atoms with Crippen LogP contribution in [0.25, 0.3) is 0 Å². The number of nitrogens with one attached hydrogen (secondary N) is 1. The fraction of sp³-hybridized carbons (Fsp3) is 0.417. The van der Waals surface area contributed by atoms with Crippen LogP contribution in [0.1, 0.15) is 43.9 Å². The summed E-state index contributed by atoms with van der Waals surface area (Å²) >= 11 is 0. The third-order valence-electron chi connectivity index (χ3n) is 5.09. The Labute approximate surface area is 174 Å². The number of amides is 2. The molecule has 2 aromatic rings. The zero-order valence-corrected chi connectivity index (χ0v) is 18.1. The Morgan fingerprint density at radius 3 is 2.41 bits per heavy atom. The van der Waals surface area contributed by atoms with Gasteiger partial charge in [-0.15, -0.1) is 0 Å². The lowest BCUT2D eigenvalue weighted by molar-refractivity contribution is -0.140. The van der Waals surface area contributed by atoms with Crippen molar-refractivity contribution in [1.82, 2.24) is 10.2 Å². The van der Waals surface area contributed by atoms with Crippen LogP contribution in [0.3, 0.4) is 0 Å². The number of rotatable bonds is 9. The van der Waals surface area contributed by atoms with E-state index in [1.807, 2.05) is 69.3 Å². The molecule has 1 N–H and O–H groups in total. The first-order valence-corrected chi connectivity index (χ1v) is 10.1. The summed E-state index contributed by atoms with van der Waals surface area (Å²) in [7, 11) is 1.61. The minimum absolute atomic E-state index is 0.0653. The number of methoxy groups -OCH3 is 1. The summed E-state index contributed by atoms with van der Waals surface area (Å²) in [5.74, 6) is 0.510. The molecule has 2 amide bonds. The number of carbonyl (C=O) groups excluding carboxylic acids is 2. The number of carbonyl (C=O) groups is 2. The van der Waals surface area contributed by atoms with Crippen LogP contribution in [0, 0.1) is 6.92 Å². The van der Waals surface area contributed by atoms with E-state index in [9.17, 15) is 9.59 Å². The smallest absolute Gasteiger partial charge is 0.242 e. The van der Waals surface area contributed by atoms with Crippen molar-refractivity contribution in [1.29, 1.82) is 0 Å². The normalized spacial score (nSPS) is 12.7. The van der Waals surface area contributed by atoms with Gasteiger partial charge >= 0.3 is 0 Å². The average Bonchev–Trinajstić information content (AvgIpc) is 2.71. The second kappa shape index (κ2) is 10.6. The van der Waals surface area contributed by atoms with E-state index in [2.05, 4.69) is 5.32 Å². The van der Waals surface area contributed by atoms with E-state index >= 15 is 0 Å². The van der Waals surface area contributed by atoms with E-state index in [-0.39, 0.29) is 24.3 Å². The number of hydrogen-bond acceptors (Lipinski definition) is 3. The topological polar surface area (TPSA) is 58.6 Å². The fourth-order valence-electron chi connectivity index (χ4n) is 3.11. The Balaban J connectivity index is 2.25. The van der Waals surface area contributed by atoms with Crippen molar-refractivity contribution in [3.63, 3.8) is 0 Å². The van der Waals surface area contributed by atoms with Crippen LogP contribution >= 0.6 is 0 Å². The summed E-state index contributed by atoms with van der Waals surface area (Å²) in [6.07, 6.45) is 1.10. The van der Waals surface area contributed by atoms with E-state index in [4.69, 9.17) is 4.74 Å². The molecule has 5 heteroatoms. The highest BCUT2D eigenvalue weighted by atomic mass is 16.5. The molecule has 0 aromatic heterocycles. The first-order valence-electron chi connectivity index (χ1n) is 10.1. The van der Waals surface area contributed by atoms with E-state index < -0.39 is 6.04 Å². The quantitative estimate of drug-likeness (QED) is 0.700. The lowest BCUT2D eigenvalue weighted by Gasteiger charge is -2.30. The molecule has 0 saturated carbocycles. The first-order chi connectivity index (χ1) is 13.8. The summed E-state index contributed by atoms with van der Waals surface area (Å²) < 4.78 is 5.30. The van der Waals surface area contributed by atoms with Crippen molar-refractivity contribution >= 4 is 11.8 Å². The lowest BCUT2D eigenvalue weighted by Crippen LogP contribution is -2.49. The SMILES string of the molecule is CC[C@@H](C)NC(=O)[C@@H](C)N(Cc1cccc(OC)c1)C(=O)Cc1cccc(C)c1. The van der Waals surface area contributed by atoms with Crippen molar-refractivity contribution in [2.45, 2.75) is 59.2 Å². The molecule has 0 heterocycles. The maximum absolute atomic E-state index is 13.2. The highest BCUT2D eigenvalue weighted by molar-refractivity contribution is 5.88. The number of ether oxygens (including phenoxy) is 1. The maximum Gasteiger partial charge on any atom is 0.242 e. The van der Waals surface area contributed by atoms with Gasteiger partial charge in [-0.1, -0.05) is 48.9 Å². The van der Waals surface area contributed by atoms with Gasteiger partial charge in [0, 0.05) is 12.6 Å². The summed E-state index contributed by atoms with van der Waals surface area (Å²) in [6, 6.07) is 15.0. The summed E-state index contributed by atoms with van der Waals surface area (Å²) in [5, 5.41) is 2.99. The number of aryl methyl sites for hydroxylation is 1. The van der Waals surface area contributed by atoms with Gasteiger partial charge in [0.05, 0.1) is 13.5 Å². The predicted molar refractivity (Wildman–Crippen MR) is 116 cm³/mol. The number of benzene rings is 2. The molecule has 2 atom stereocenters. The van der Waals surface area contributed by atoms with E-state index in [1.54, 1.807) is 18.9 Å². The van der Waals surface area contributed by atoms with Crippen LogP contribution in [0.4, 0.5) is 0 Å². The van der Waals surface area contributed by atoms with Crippen molar-refractivity contribution < 1.29 is 14.3 Å². The Morgan fingerprint density at radius 2 is 1.76 bits per heavy atom. The zero-order valence-electron chi connectivity index (χ0n) is 18.1. The second-order valence-electron chi connectivity index (χ2n) is 7.53. The van der Waals surface area contributed by atoms with Crippen LogP contribution < -0.4 is 10.1 Å². The molecule has 2 rings (SSSR count). The largest absolute Gasteiger partial charge is 0.497 e. The molecular weight excluding hydrogens is 364 g/mol. The van der Waals surface area contributed by atoms with Gasteiger partial charge in [0.2, 0.25) is 11.8 Å². The molecule has 0 unspecified atom stereocenters. The van der Waals surface area contributed by atoms with Crippen molar-refractivity contribution in [2.75, 3.05) is 7.11 Å². The molecule has 0 aliphatic heterocycles. The Hall–Kier alpha value is -2.82. The standard InChI is InChI=1S/C24H32N2O3/c1-6-18(3)25-24(28)19(4)26(16-21-11-8-12-22(14-21)29-5)23(27)15-20-10-7-9-17(2)13-20/h7-14,18-19H,6,15-16H2,1-5H3,(H,25,28)/t18-,19-/m1/s1. The van der Waals surface area contributed by atoms with Crippen LogP contribution in [0.15, 0.2) is 48.5 Å². The summed E-state index contributed by atoms with van der Waals surface area (Å²) in [6.45, 7) is 8.12. The Bertz CT molecular complexity index is 834. The van der Waals surface area contributed by atoms with Crippen LogP contribution in [0.5, 0.6) is 5.75 Å². The third-order valence-corrected chi connectivity index (χ3v) is 5.09. The number of hydrogen-bond donors (Lipinski definition) is 1. The molecule has 0 saturated heterocycles. The van der Waals surface area contributed by atoms with Crippen LogP contribution in [0.2, 0.25) is 0 Å². The van der Waals surface area contributed by atoms with Gasteiger partial charge < -0.3 is 15.0 Å².